The summed E-state index contributed by atoms with van der Waals surface area (Å²) in [6.07, 6.45) is 2.99. The molecule has 3 N–H and O–H groups in total. The van der Waals surface area contributed by atoms with Gasteiger partial charge in [0.1, 0.15) is 5.54 Å². The minimum atomic E-state index is -1.25. The quantitative estimate of drug-likeness (QED) is 0.705. The van der Waals surface area contributed by atoms with Crippen LogP contribution >= 0.6 is 11.8 Å². The van der Waals surface area contributed by atoms with Crippen molar-refractivity contribution >= 4 is 29.4 Å². The van der Waals surface area contributed by atoms with Crippen LogP contribution in [0.2, 0.25) is 0 Å². The van der Waals surface area contributed by atoms with Crippen molar-refractivity contribution in [3.8, 4) is 0 Å². The normalized spacial score (nSPS) is 13.3. The summed E-state index contributed by atoms with van der Waals surface area (Å²) in [5.74, 6) is -1.03. The number of rotatable bonds is 6. The molecular formula is C14H20N2O3S. The highest BCUT2D eigenvalue weighted by Crippen LogP contribution is 2.19. The molecule has 1 rings (SSSR count). The molecule has 1 aromatic carbocycles. The van der Waals surface area contributed by atoms with Crippen LogP contribution in [0.1, 0.15) is 26.7 Å². The lowest BCUT2D eigenvalue weighted by Crippen LogP contribution is -2.53. The van der Waals surface area contributed by atoms with Crippen molar-refractivity contribution in [2.75, 3.05) is 11.6 Å². The molecule has 0 fully saturated rings. The number of hydrogen-bond acceptors (Lipinski definition) is 3. The molecule has 20 heavy (non-hydrogen) atoms. The van der Waals surface area contributed by atoms with Crippen LogP contribution in [0, 0.1) is 0 Å². The Labute approximate surface area is 123 Å². The molecule has 0 aliphatic carbocycles. The average Bonchev–Trinajstić information content (AvgIpc) is 2.38. The van der Waals surface area contributed by atoms with Gasteiger partial charge in [0.25, 0.3) is 0 Å². The number of nitrogens with one attached hydrogen (secondary N) is 2. The first kappa shape index (κ1) is 16.4. The summed E-state index contributed by atoms with van der Waals surface area (Å²) in [6, 6.07) is 6.86. The van der Waals surface area contributed by atoms with Crippen LogP contribution in [0.4, 0.5) is 10.5 Å². The van der Waals surface area contributed by atoms with Crippen LogP contribution in [0.3, 0.4) is 0 Å². The van der Waals surface area contributed by atoms with Gasteiger partial charge in [0.15, 0.2) is 0 Å². The minimum absolute atomic E-state index is 0.376. The fourth-order valence-electron chi connectivity index (χ4n) is 1.84. The van der Waals surface area contributed by atoms with E-state index < -0.39 is 17.5 Å². The Hall–Kier alpha value is -1.69. The Kier molecular flexibility index (Phi) is 5.88. The monoisotopic (exact) mass is 296 g/mol. The Morgan fingerprint density at radius 3 is 2.65 bits per heavy atom. The van der Waals surface area contributed by atoms with Crippen molar-refractivity contribution in [3.05, 3.63) is 24.3 Å². The molecule has 2 amide bonds. The number of carboxylic acids is 1. The molecule has 0 aliphatic heterocycles. The van der Waals surface area contributed by atoms with E-state index in [1.165, 1.54) is 6.92 Å². The van der Waals surface area contributed by atoms with E-state index in [-0.39, 0.29) is 0 Å². The molecule has 110 valence electrons. The van der Waals surface area contributed by atoms with Crippen molar-refractivity contribution < 1.29 is 14.7 Å². The summed E-state index contributed by atoms with van der Waals surface area (Å²) < 4.78 is 0. The highest BCUT2D eigenvalue weighted by molar-refractivity contribution is 7.98. The number of thioether (sulfide) groups is 1. The molecule has 5 nitrogen and oxygen atoms in total. The topological polar surface area (TPSA) is 78.4 Å². The number of urea groups is 1. The van der Waals surface area contributed by atoms with Crippen molar-refractivity contribution in [3.63, 3.8) is 0 Å². The van der Waals surface area contributed by atoms with E-state index in [1.54, 1.807) is 17.8 Å². The third-order valence-corrected chi connectivity index (χ3v) is 3.66. The summed E-state index contributed by atoms with van der Waals surface area (Å²) in [7, 11) is 0. The SMILES string of the molecule is CCCC(C)(NC(=O)Nc1cccc(SC)c1)C(=O)O. The summed E-state index contributed by atoms with van der Waals surface area (Å²) in [5, 5.41) is 14.4. The maximum Gasteiger partial charge on any atom is 0.329 e. The first-order chi connectivity index (χ1) is 9.41. The highest BCUT2D eigenvalue weighted by atomic mass is 32.2. The van der Waals surface area contributed by atoms with E-state index >= 15 is 0 Å². The van der Waals surface area contributed by atoms with Gasteiger partial charge in [-0.15, -0.1) is 11.8 Å². The van der Waals surface area contributed by atoms with Gasteiger partial charge < -0.3 is 15.7 Å². The molecule has 0 heterocycles. The summed E-state index contributed by atoms with van der Waals surface area (Å²) in [6.45, 7) is 3.39. The van der Waals surface area contributed by atoms with E-state index in [1.807, 2.05) is 31.4 Å². The zero-order valence-corrected chi connectivity index (χ0v) is 12.7. The number of carboxylic acid groups (broad SMARTS) is 1. The van der Waals surface area contributed by atoms with Crippen molar-refractivity contribution in [2.45, 2.75) is 37.1 Å². The van der Waals surface area contributed by atoms with Crippen LogP contribution in [0.15, 0.2) is 29.2 Å². The second-order valence-electron chi connectivity index (χ2n) is 4.70. The summed E-state index contributed by atoms with van der Waals surface area (Å²) in [4.78, 5) is 24.2. The van der Waals surface area contributed by atoms with Gasteiger partial charge >= 0.3 is 12.0 Å². The van der Waals surface area contributed by atoms with Gasteiger partial charge in [0, 0.05) is 10.6 Å². The number of carbonyl (C=O) groups excluding carboxylic acids is 1. The number of amides is 2. The van der Waals surface area contributed by atoms with E-state index in [0.717, 1.165) is 4.90 Å². The molecule has 0 radical (unpaired) electrons. The van der Waals surface area contributed by atoms with Crippen LogP contribution in [0.25, 0.3) is 0 Å². The molecular weight excluding hydrogens is 276 g/mol. The van der Waals surface area contributed by atoms with Crippen molar-refractivity contribution in [1.29, 1.82) is 0 Å². The Morgan fingerprint density at radius 1 is 1.40 bits per heavy atom. The standard InChI is InChI=1S/C14H20N2O3S/c1-4-8-14(2,12(17)18)16-13(19)15-10-6-5-7-11(9-10)20-3/h5-7,9H,4,8H2,1-3H3,(H,17,18)(H2,15,16,19). The molecule has 0 bridgehead atoms. The van der Waals surface area contributed by atoms with Gasteiger partial charge in [-0.3, -0.25) is 0 Å². The lowest BCUT2D eigenvalue weighted by Gasteiger charge is -2.25. The smallest absolute Gasteiger partial charge is 0.329 e. The number of benzene rings is 1. The Morgan fingerprint density at radius 2 is 2.10 bits per heavy atom. The number of carbonyl (C=O) groups is 2. The van der Waals surface area contributed by atoms with Crippen LogP contribution < -0.4 is 10.6 Å². The second kappa shape index (κ2) is 7.19. The first-order valence-corrected chi connectivity index (χ1v) is 7.60. The van der Waals surface area contributed by atoms with E-state index in [4.69, 9.17) is 0 Å². The Balaban J connectivity index is 2.73. The summed E-state index contributed by atoms with van der Waals surface area (Å²) >= 11 is 1.57. The third kappa shape index (κ3) is 4.45. The fraction of sp³-hybridized carbons (Fsp3) is 0.429. The lowest BCUT2D eigenvalue weighted by atomic mass is 9.97. The molecule has 1 aromatic rings. The van der Waals surface area contributed by atoms with E-state index in [0.29, 0.717) is 18.5 Å². The maximum atomic E-state index is 11.9. The largest absolute Gasteiger partial charge is 0.480 e. The molecule has 0 spiro atoms. The summed E-state index contributed by atoms with van der Waals surface area (Å²) in [5.41, 5.74) is -0.616. The van der Waals surface area contributed by atoms with E-state index in [2.05, 4.69) is 10.6 Å². The molecule has 0 saturated carbocycles. The molecule has 6 heteroatoms. The van der Waals surface area contributed by atoms with Gasteiger partial charge in [0.2, 0.25) is 0 Å². The third-order valence-electron chi connectivity index (χ3n) is 2.94. The molecule has 1 unspecified atom stereocenters. The maximum absolute atomic E-state index is 11.9. The van der Waals surface area contributed by atoms with Gasteiger partial charge in [-0.1, -0.05) is 19.4 Å². The van der Waals surface area contributed by atoms with Gasteiger partial charge in [-0.05, 0) is 37.8 Å². The highest BCUT2D eigenvalue weighted by Gasteiger charge is 2.33. The molecule has 0 aliphatic rings. The number of hydrogen-bond donors (Lipinski definition) is 3. The van der Waals surface area contributed by atoms with E-state index in [9.17, 15) is 14.7 Å². The zero-order valence-electron chi connectivity index (χ0n) is 11.9. The van der Waals surface area contributed by atoms with Crippen LogP contribution in [0.5, 0.6) is 0 Å². The predicted octanol–water partition coefficient (Wildman–Crippen LogP) is 3.17. The van der Waals surface area contributed by atoms with Crippen molar-refractivity contribution in [2.24, 2.45) is 0 Å². The zero-order chi connectivity index (χ0) is 15.2. The van der Waals surface area contributed by atoms with Crippen molar-refractivity contribution in [1.82, 2.24) is 5.32 Å². The number of anilines is 1. The molecule has 1 atom stereocenters. The lowest BCUT2D eigenvalue weighted by molar-refractivity contribution is -0.143. The van der Waals surface area contributed by atoms with Gasteiger partial charge in [-0.2, -0.15) is 0 Å². The second-order valence-corrected chi connectivity index (χ2v) is 5.58. The first-order valence-electron chi connectivity index (χ1n) is 6.38. The van der Waals surface area contributed by atoms with Gasteiger partial charge in [0.05, 0.1) is 0 Å². The Bertz CT molecular complexity index is 493. The molecule has 0 aromatic heterocycles. The van der Waals surface area contributed by atoms with Crippen LogP contribution in [-0.2, 0) is 4.79 Å². The minimum Gasteiger partial charge on any atom is -0.480 e. The van der Waals surface area contributed by atoms with Crippen LogP contribution in [-0.4, -0.2) is 28.9 Å². The van der Waals surface area contributed by atoms with Gasteiger partial charge in [-0.25, -0.2) is 9.59 Å². The predicted molar refractivity (Wildman–Crippen MR) is 81.3 cm³/mol. The fourth-order valence-corrected chi connectivity index (χ4v) is 2.30. The average molecular weight is 296 g/mol. The molecule has 0 saturated heterocycles. The number of aliphatic carboxylic acids is 1.